The van der Waals surface area contributed by atoms with Gasteiger partial charge in [-0.25, -0.2) is 0 Å². The van der Waals surface area contributed by atoms with Gasteiger partial charge in [0, 0.05) is 6.54 Å². The summed E-state index contributed by atoms with van der Waals surface area (Å²) in [5.41, 5.74) is 3.16. The lowest BCUT2D eigenvalue weighted by Crippen LogP contribution is -2.02. The molecule has 3 rings (SSSR count). The number of hydrogen-bond acceptors (Lipinski definition) is 2. The standard InChI is InChI=1S/C20H16Br2ClNO/c21-16-10-15(12-24-19-9-5-4-8-18(19)23)11-17(22)20(16)25-13-14-6-2-1-3-7-14/h1-11,24H,12-13H2. The minimum Gasteiger partial charge on any atom is -0.487 e. The van der Waals surface area contributed by atoms with Crippen LogP contribution in [0.1, 0.15) is 11.1 Å². The summed E-state index contributed by atoms with van der Waals surface area (Å²) in [5, 5.41) is 4.06. The number of nitrogens with one attached hydrogen (secondary N) is 1. The Hall–Kier alpha value is -1.49. The highest BCUT2D eigenvalue weighted by Crippen LogP contribution is 2.35. The fourth-order valence-electron chi connectivity index (χ4n) is 2.38. The molecule has 25 heavy (non-hydrogen) atoms. The van der Waals surface area contributed by atoms with Crippen LogP contribution >= 0.6 is 43.5 Å². The van der Waals surface area contributed by atoms with Crippen LogP contribution in [0.5, 0.6) is 5.75 Å². The molecule has 3 aromatic rings. The monoisotopic (exact) mass is 479 g/mol. The molecule has 0 aliphatic rings. The highest BCUT2D eigenvalue weighted by molar-refractivity contribution is 9.11. The number of para-hydroxylation sites is 1. The Balaban J connectivity index is 1.68. The summed E-state index contributed by atoms with van der Waals surface area (Å²) in [6, 6.07) is 21.9. The van der Waals surface area contributed by atoms with E-state index >= 15 is 0 Å². The van der Waals surface area contributed by atoms with Crippen LogP contribution in [0.25, 0.3) is 0 Å². The molecule has 1 N–H and O–H groups in total. The summed E-state index contributed by atoms with van der Waals surface area (Å²) in [6.07, 6.45) is 0. The molecular formula is C20H16Br2ClNO. The van der Waals surface area contributed by atoms with Gasteiger partial charge < -0.3 is 10.1 Å². The van der Waals surface area contributed by atoms with E-state index in [2.05, 4.69) is 49.3 Å². The lowest BCUT2D eigenvalue weighted by atomic mass is 10.2. The zero-order valence-electron chi connectivity index (χ0n) is 13.3. The Bertz CT molecular complexity index is 832. The van der Waals surface area contributed by atoms with E-state index in [-0.39, 0.29) is 0 Å². The van der Waals surface area contributed by atoms with Crippen molar-refractivity contribution in [1.82, 2.24) is 0 Å². The van der Waals surface area contributed by atoms with E-state index in [1.54, 1.807) is 0 Å². The first-order valence-corrected chi connectivity index (χ1v) is 9.73. The molecular weight excluding hydrogens is 465 g/mol. The van der Waals surface area contributed by atoms with Crippen LogP contribution in [0.3, 0.4) is 0 Å². The summed E-state index contributed by atoms with van der Waals surface area (Å²) < 4.78 is 7.78. The molecule has 0 unspecified atom stereocenters. The predicted octanol–water partition coefficient (Wildman–Crippen LogP) is 7.06. The third-order valence-electron chi connectivity index (χ3n) is 3.64. The van der Waals surface area contributed by atoms with Crippen LogP contribution in [-0.2, 0) is 13.2 Å². The zero-order valence-corrected chi connectivity index (χ0v) is 17.2. The third kappa shape index (κ3) is 5.00. The SMILES string of the molecule is Clc1ccccc1NCc1cc(Br)c(OCc2ccccc2)c(Br)c1. The average Bonchev–Trinajstić information content (AvgIpc) is 2.61. The van der Waals surface area contributed by atoms with Crippen LogP contribution in [-0.4, -0.2) is 0 Å². The van der Waals surface area contributed by atoms with Gasteiger partial charge in [0.1, 0.15) is 12.4 Å². The zero-order chi connectivity index (χ0) is 17.6. The molecule has 0 fully saturated rings. The smallest absolute Gasteiger partial charge is 0.148 e. The maximum Gasteiger partial charge on any atom is 0.148 e. The molecule has 0 heterocycles. The number of ether oxygens (including phenoxy) is 1. The summed E-state index contributed by atoms with van der Waals surface area (Å²) in [5.74, 6) is 0.797. The molecule has 0 bridgehead atoms. The van der Waals surface area contributed by atoms with Gasteiger partial charge in [0.15, 0.2) is 0 Å². The van der Waals surface area contributed by atoms with Crippen molar-refractivity contribution in [2.24, 2.45) is 0 Å². The van der Waals surface area contributed by atoms with Crippen molar-refractivity contribution in [2.75, 3.05) is 5.32 Å². The summed E-state index contributed by atoms with van der Waals surface area (Å²) in [4.78, 5) is 0. The van der Waals surface area contributed by atoms with Crippen molar-refractivity contribution in [2.45, 2.75) is 13.2 Å². The first-order chi connectivity index (χ1) is 12.1. The maximum atomic E-state index is 6.18. The molecule has 0 aromatic heterocycles. The van der Waals surface area contributed by atoms with Crippen molar-refractivity contribution < 1.29 is 4.74 Å². The molecule has 0 atom stereocenters. The van der Waals surface area contributed by atoms with E-state index in [1.807, 2.05) is 54.6 Å². The minimum atomic E-state index is 0.523. The Morgan fingerprint density at radius 3 is 2.16 bits per heavy atom. The predicted molar refractivity (Wildman–Crippen MR) is 111 cm³/mol. The van der Waals surface area contributed by atoms with Crippen LogP contribution < -0.4 is 10.1 Å². The van der Waals surface area contributed by atoms with Crippen molar-refractivity contribution in [3.8, 4) is 5.75 Å². The molecule has 5 heteroatoms. The van der Waals surface area contributed by atoms with Crippen LogP contribution in [0.15, 0.2) is 75.7 Å². The van der Waals surface area contributed by atoms with Gasteiger partial charge in [0.2, 0.25) is 0 Å². The van der Waals surface area contributed by atoms with E-state index in [0.29, 0.717) is 18.2 Å². The molecule has 0 radical (unpaired) electrons. The fourth-order valence-corrected chi connectivity index (χ4v) is 4.10. The molecule has 0 amide bonds. The molecule has 0 aliphatic carbocycles. The van der Waals surface area contributed by atoms with Gasteiger partial charge in [0.05, 0.1) is 19.7 Å². The van der Waals surface area contributed by atoms with E-state index < -0.39 is 0 Å². The number of anilines is 1. The Morgan fingerprint density at radius 1 is 0.840 bits per heavy atom. The molecule has 0 saturated heterocycles. The lowest BCUT2D eigenvalue weighted by molar-refractivity contribution is 0.302. The van der Waals surface area contributed by atoms with Gasteiger partial charge in [-0.3, -0.25) is 0 Å². The van der Waals surface area contributed by atoms with Crippen molar-refractivity contribution >= 4 is 49.1 Å². The summed E-state index contributed by atoms with van der Waals surface area (Å²) in [7, 11) is 0. The number of halogens is 3. The van der Waals surface area contributed by atoms with Crippen molar-refractivity contribution in [3.63, 3.8) is 0 Å². The van der Waals surface area contributed by atoms with Gasteiger partial charge in [-0.05, 0) is 67.3 Å². The average molecular weight is 482 g/mol. The number of benzene rings is 3. The molecule has 0 spiro atoms. The minimum absolute atomic E-state index is 0.523. The van der Waals surface area contributed by atoms with Crippen molar-refractivity contribution in [3.05, 3.63) is 91.8 Å². The van der Waals surface area contributed by atoms with Crippen LogP contribution in [0.4, 0.5) is 5.69 Å². The lowest BCUT2D eigenvalue weighted by Gasteiger charge is -2.14. The normalized spacial score (nSPS) is 10.5. The van der Waals surface area contributed by atoms with Crippen LogP contribution in [0, 0.1) is 0 Å². The molecule has 0 saturated carbocycles. The molecule has 128 valence electrons. The quantitative estimate of drug-likeness (QED) is 0.407. The molecule has 0 aliphatic heterocycles. The van der Waals surface area contributed by atoms with Gasteiger partial charge in [-0.1, -0.05) is 54.1 Å². The first kappa shape index (κ1) is 18.3. The topological polar surface area (TPSA) is 21.3 Å². The van der Waals surface area contributed by atoms with Gasteiger partial charge in [-0.2, -0.15) is 0 Å². The maximum absolute atomic E-state index is 6.18. The Kier molecular flexibility index (Phi) is 6.40. The fraction of sp³-hybridized carbons (Fsp3) is 0.100. The van der Waals surface area contributed by atoms with E-state index in [1.165, 1.54) is 0 Å². The third-order valence-corrected chi connectivity index (χ3v) is 5.15. The molecule has 2 nitrogen and oxygen atoms in total. The Labute approximate surface area is 169 Å². The molecule has 3 aromatic carbocycles. The van der Waals surface area contributed by atoms with Gasteiger partial charge >= 0.3 is 0 Å². The second-order valence-corrected chi connectivity index (χ2v) is 7.61. The van der Waals surface area contributed by atoms with Crippen molar-refractivity contribution in [1.29, 1.82) is 0 Å². The highest BCUT2D eigenvalue weighted by atomic mass is 79.9. The second kappa shape index (κ2) is 8.75. The summed E-state index contributed by atoms with van der Waals surface area (Å²) in [6.45, 7) is 1.19. The number of hydrogen-bond donors (Lipinski definition) is 1. The second-order valence-electron chi connectivity index (χ2n) is 5.50. The van der Waals surface area contributed by atoms with Gasteiger partial charge in [-0.15, -0.1) is 0 Å². The number of rotatable bonds is 6. The van der Waals surface area contributed by atoms with E-state index in [4.69, 9.17) is 16.3 Å². The van der Waals surface area contributed by atoms with Crippen LogP contribution in [0.2, 0.25) is 5.02 Å². The highest BCUT2D eigenvalue weighted by Gasteiger charge is 2.10. The van der Waals surface area contributed by atoms with E-state index in [9.17, 15) is 0 Å². The van der Waals surface area contributed by atoms with E-state index in [0.717, 1.165) is 31.5 Å². The largest absolute Gasteiger partial charge is 0.487 e. The first-order valence-electron chi connectivity index (χ1n) is 7.76. The van der Waals surface area contributed by atoms with Gasteiger partial charge in [0.25, 0.3) is 0 Å². The summed E-state index contributed by atoms with van der Waals surface area (Å²) >= 11 is 13.4. The Morgan fingerprint density at radius 2 is 1.48 bits per heavy atom.